The number of nitrogens with one attached hydrogen (secondary N) is 1. The topological polar surface area (TPSA) is 63.2 Å². The van der Waals surface area contributed by atoms with Gasteiger partial charge in [0.15, 0.2) is 9.84 Å². The average molecular weight is 334 g/mol. The van der Waals surface area contributed by atoms with Crippen molar-refractivity contribution in [1.82, 2.24) is 5.32 Å². The summed E-state index contributed by atoms with van der Waals surface area (Å²) in [6.07, 6.45) is 0. The fraction of sp³-hybridized carbons (Fsp3) is 0.417. The first-order chi connectivity index (χ1) is 8.35. The summed E-state index contributed by atoms with van der Waals surface area (Å²) in [6.45, 7) is 3.66. The van der Waals surface area contributed by atoms with E-state index in [0.29, 0.717) is 5.56 Å². The van der Waals surface area contributed by atoms with Crippen molar-refractivity contribution in [2.45, 2.75) is 13.8 Å². The van der Waals surface area contributed by atoms with Gasteiger partial charge in [-0.25, -0.2) is 8.42 Å². The molecule has 0 radical (unpaired) electrons. The molecule has 1 rings (SSSR count). The summed E-state index contributed by atoms with van der Waals surface area (Å²) >= 11 is 3.35. The highest BCUT2D eigenvalue weighted by Crippen LogP contribution is 2.17. The third-order valence-electron chi connectivity index (χ3n) is 2.57. The van der Waals surface area contributed by atoms with Crippen LogP contribution in [-0.4, -0.2) is 32.4 Å². The highest BCUT2D eigenvalue weighted by molar-refractivity contribution is 9.10. The first-order valence-corrected chi connectivity index (χ1v) is 8.22. The molecule has 0 aliphatic rings. The Morgan fingerprint density at radius 2 is 2.06 bits per heavy atom. The van der Waals surface area contributed by atoms with E-state index in [-0.39, 0.29) is 24.0 Å². The normalized spacial score (nSPS) is 11.3. The molecule has 1 N–H and O–H groups in total. The molecular weight excluding hydrogens is 318 g/mol. The minimum Gasteiger partial charge on any atom is -0.351 e. The van der Waals surface area contributed by atoms with Crippen LogP contribution in [0, 0.1) is 6.92 Å². The van der Waals surface area contributed by atoms with Crippen molar-refractivity contribution in [2.75, 3.05) is 18.1 Å². The molecule has 1 aromatic rings. The molecule has 0 aliphatic carbocycles. The molecule has 18 heavy (non-hydrogen) atoms. The Kier molecular flexibility index (Phi) is 5.34. The van der Waals surface area contributed by atoms with E-state index in [0.717, 1.165) is 10.0 Å². The second-order valence-corrected chi connectivity index (χ2v) is 7.28. The van der Waals surface area contributed by atoms with E-state index >= 15 is 0 Å². The van der Waals surface area contributed by atoms with Gasteiger partial charge in [0.2, 0.25) is 0 Å². The molecule has 0 saturated heterocycles. The zero-order chi connectivity index (χ0) is 13.8. The number of amides is 1. The van der Waals surface area contributed by atoms with E-state index in [2.05, 4.69) is 21.2 Å². The number of aryl methyl sites for hydroxylation is 1. The molecule has 6 heteroatoms. The van der Waals surface area contributed by atoms with Crippen LogP contribution in [0.1, 0.15) is 22.8 Å². The minimum atomic E-state index is -3.04. The summed E-state index contributed by atoms with van der Waals surface area (Å²) in [6, 6.07) is 5.27. The molecule has 0 atom stereocenters. The van der Waals surface area contributed by atoms with Gasteiger partial charge < -0.3 is 5.32 Å². The van der Waals surface area contributed by atoms with Crippen molar-refractivity contribution >= 4 is 31.7 Å². The van der Waals surface area contributed by atoms with Crippen LogP contribution in [0.25, 0.3) is 0 Å². The van der Waals surface area contributed by atoms with Crippen LogP contribution in [-0.2, 0) is 9.84 Å². The van der Waals surface area contributed by atoms with Crippen LogP contribution in [0.15, 0.2) is 22.7 Å². The lowest BCUT2D eigenvalue weighted by molar-refractivity contribution is 0.0956. The number of sulfone groups is 1. The maximum absolute atomic E-state index is 11.8. The Bertz CT molecular complexity index is 540. The fourth-order valence-corrected chi connectivity index (χ4v) is 2.38. The second-order valence-electron chi connectivity index (χ2n) is 3.96. The Morgan fingerprint density at radius 3 is 2.61 bits per heavy atom. The van der Waals surface area contributed by atoms with E-state index in [1.54, 1.807) is 19.1 Å². The van der Waals surface area contributed by atoms with Crippen molar-refractivity contribution in [3.8, 4) is 0 Å². The number of rotatable bonds is 5. The first kappa shape index (κ1) is 15.2. The number of hydrogen-bond acceptors (Lipinski definition) is 3. The smallest absolute Gasteiger partial charge is 0.251 e. The van der Waals surface area contributed by atoms with Gasteiger partial charge in [-0.1, -0.05) is 28.9 Å². The van der Waals surface area contributed by atoms with E-state index < -0.39 is 9.84 Å². The van der Waals surface area contributed by atoms with Gasteiger partial charge in [-0.15, -0.1) is 0 Å². The summed E-state index contributed by atoms with van der Waals surface area (Å²) in [5.74, 6) is -0.191. The van der Waals surface area contributed by atoms with Crippen LogP contribution in [0.3, 0.4) is 0 Å². The van der Waals surface area contributed by atoms with Crippen molar-refractivity contribution in [3.63, 3.8) is 0 Å². The monoisotopic (exact) mass is 333 g/mol. The third kappa shape index (κ3) is 4.42. The standard InChI is InChI=1S/C12H16BrNO3S/c1-3-18(16,17)7-6-14-12(15)10-5-4-9(2)11(13)8-10/h4-5,8H,3,6-7H2,1-2H3,(H,14,15). The lowest BCUT2D eigenvalue weighted by atomic mass is 10.1. The zero-order valence-electron chi connectivity index (χ0n) is 10.4. The average Bonchev–Trinajstić information content (AvgIpc) is 2.32. The molecule has 0 saturated carbocycles. The lowest BCUT2D eigenvalue weighted by Crippen LogP contribution is -2.29. The third-order valence-corrected chi connectivity index (χ3v) is 5.13. The van der Waals surface area contributed by atoms with Crippen LogP contribution >= 0.6 is 15.9 Å². The molecule has 0 bridgehead atoms. The molecule has 0 heterocycles. The number of carbonyl (C=O) groups is 1. The molecule has 0 aliphatic heterocycles. The first-order valence-electron chi connectivity index (χ1n) is 5.60. The molecule has 4 nitrogen and oxygen atoms in total. The van der Waals surface area contributed by atoms with Gasteiger partial charge in [0.25, 0.3) is 5.91 Å². The quantitative estimate of drug-likeness (QED) is 0.895. The minimum absolute atomic E-state index is 0.0255. The van der Waals surface area contributed by atoms with E-state index in [1.807, 2.05) is 13.0 Å². The Labute approximate surface area is 116 Å². The van der Waals surface area contributed by atoms with Gasteiger partial charge in [-0.2, -0.15) is 0 Å². The molecule has 0 aromatic heterocycles. The molecule has 1 amide bonds. The number of benzene rings is 1. The van der Waals surface area contributed by atoms with Crippen molar-refractivity contribution in [2.24, 2.45) is 0 Å². The van der Waals surface area contributed by atoms with Gasteiger partial charge >= 0.3 is 0 Å². The van der Waals surface area contributed by atoms with E-state index in [9.17, 15) is 13.2 Å². The summed E-state index contributed by atoms with van der Waals surface area (Å²) in [4.78, 5) is 11.8. The van der Waals surface area contributed by atoms with Gasteiger partial charge in [-0.05, 0) is 24.6 Å². The van der Waals surface area contributed by atoms with Gasteiger partial charge in [-0.3, -0.25) is 4.79 Å². The predicted octanol–water partition coefficient (Wildman–Crippen LogP) is 1.92. The van der Waals surface area contributed by atoms with Gasteiger partial charge in [0, 0.05) is 22.3 Å². The molecular formula is C12H16BrNO3S. The molecule has 100 valence electrons. The number of hydrogen-bond donors (Lipinski definition) is 1. The zero-order valence-corrected chi connectivity index (χ0v) is 12.8. The van der Waals surface area contributed by atoms with Crippen molar-refractivity contribution in [1.29, 1.82) is 0 Å². The molecule has 0 fully saturated rings. The van der Waals surface area contributed by atoms with Crippen molar-refractivity contribution in [3.05, 3.63) is 33.8 Å². The van der Waals surface area contributed by atoms with E-state index in [1.165, 1.54) is 0 Å². The van der Waals surface area contributed by atoms with E-state index in [4.69, 9.17) is 0 Å². The van der Waals surface area contributed by atoms with Crippen molar-refractivity contribution < 1.29 is 13.2 Å². The summed E-state index contributed by atoms with van der Waals surface area (Å²) in [5.41, 5.74) is 1.56. The second kappa shape index (κ2) is 6.33. The maximum atomic E-state index is 11.8. The van der Waals surface area contributed by atoms with Crippen LogP contribution < -0.4 is 5.32 Å². The van der Waals surface area contributed by atoms with Gasteiger partial charge in [0.1, 0.15) is 0 Å². The summed E-state index contributed by atoms with van der Waals surface area (Å²) in [7, 11) is -3.04. The Hall–Kier alpha value is -0.880. The summed E-state index contributed by atoms with van der Waals surface area (Å²) < 4.78 is 23.4. The number of carbonyl (C=O) groups excluding carboxylic acids is 1. The fourth-order valence-electron chi connectivity index (χ4n) is 1.30. The molecule has 0 spiro atoms. The molecule has 0 unspecified atom stereocenters. The Balaban J connectivity index is 2.58. The molecule has 1 aromatic carbocycles. The maximum Gasteiger partial charge on any atom is 0.251 e. The summed E-state index contributed by atoms with van der Waals surface area (Å²) in [5, 5.41) is 2.60. The predicted molar refractivity (Wildman–Crippen MR) is 75.5 cm³/mol. The van der Waals surface area contributed by atoms with Gasteiger partial charge in [0.05, 0.1) is 5.75 Å². The number of halogens is 1. The largest absolute Gasteiger partial charge is 0.351 e. The highest BCUT2D eigenvalue weighted by Gasteiger charge is 2.10. The van der Waals surface area contributed by atoms with Crippen LogP contribution in [0.2, 0.25) is 0 Å². The van der Waals surface area contributed by atoms with Crippen LogP contribution in [0.5, 0.6) is 0 Å². The Morgan fingerprint density at radius 1 is 1.39 bits per heavy atom. The SMILES string of the molecule is CCS(=O)(=O)CCNC(=O)c1ccc(C)c(Br)c1. The highest BCUT2D eigenvalue weighted by atomic mass is 79.9. The lowest BCUT2D eigenvalue weighted by Gasteiger charge is -2.06. The van der Waals surface area contributed by atoms with Crippen LogP contribution in [0.4, 0.5) is 0 Å².